The van der Waals surface area contributed by atoms with Crippen LogP contribution in [0.25, 0.3) is 5.57 Å². The van der Waals surface area contributed by atoms with Crippen molar-refractivity contribution in [3.05, 3.63) is 71.0 Å². The third-order valence-corrected chi connectivity index (χ3v) is 4.48. The molecular weight excluding hydrogens is 309 g/mol. The van der Waals surface area contributed by atoms with Crippen LogP contribution in [0.4, 0.5) is 10.1 Å². The fraction of sp³-hybridized carbons (Fsp3) is 0.158. The minimum Gasteiger partial charge on any atom is -0.477 e. The number of para-hydroxylation sites is 1. The highest BCUT2D eigenvalue weighted by molar-refractivity contribution is 6.26. The first-order valence-corrected chi connectivity index (χ1v) is 7.53. The lowest BCUT2D eigenvalue weighted by Crippen LogP contribution is -2.53. The molecule has 1 unspecified atom stereocenters. The topological polar surface area (TPSA) is 54.4 Å². The molecule has 2 aromatic carbocycles. The third-order valence-electron chi connectivity index (χ3n) is 4.48. The number of aliphatic carboxylic acids is 1. The van der Waals surface area contributed by atoms with E-state index < -0.39 is 11.9 Å². The molecule has 0 saturated carbocycles. The lowest BCUT2D eigenvalue weighted by Gasteiger charge is -2.36. The quantitative estimate of drug-likeness (QED) is 0.695. The number of rotatable bonds is 3. The van der Waals surface area contributed by atoms with Crippen LogP contribution in [0.15, 0.2) is 54.1 Å². The van der Waals surface area contributed by atoms with E-state index in [-0.39, 0.29) is 22.4 Å². The van der Waals surface area contributed by atoms with E-state index in [4.69, 9.17) is 0 Å². The number of halogens is 1. The van der Waals surface area contributed by atoms with E-state index in [1.165, 1.54) is 12.1 Å². The molecule has 4 nitrogen and oxygen atoms in total. The third kappa shape index (κ3) is 2.43. The van der Waals surface area contributed by atoms with Gasteiger partial charge in [-0.2, -0.15) is 0 Å². The molecule has 0 fully saturated rings. The number of amides is 1. The molecule has 122 valence electrons. The molecule has 0 saturated heterocycles. The summed E-state index contributed by atoms with van der Waals surface area (Å²) >= 11 is 0. The second-order valence-corrected chi connectivity index (χ2v) is 6.11. The monoisotopic (exact) mass is 326 g/mol. The number of quaternary nitrogens is 1. The minimum absolute atomic E-state index is 0.178. The highest BCUT2D eigenvalue weighted by Crippen LogP contribution is 2.40. The standard InChI is InChI=1S/C19H16FNO3/c1-12-15-8-3-4-9-16(15)21(2,18(22)17(12)19(23)24)11-13-6-5-7-14(20)10-13/h3-10H,11H2,1-2H3/p+1. The summed E-state index contributed by atoms with van der Waals surface area (Å²) in [7, 11) is 1.67. The molecule has 0 aliphatic carbocycles. The molecule has 1 aliphatic rings. The van der Waals surface area contributed by atoms with Crippen molar-refractivity contribution < 1.29 is 19.1 Å². The van der Waals surface area contributed by atoms with Gasteiger partial charge in [-0.1, -0.05) is 24.3 Å². The van der Waals surface area contributed by atoms with Gasteiger partial charge in [-0.25, -0.2) is 18.5 Å². The Morgan fingerprint density at radius 1 is 1.17 bits per heavy atom. The number of carboxylic acids is 1. The fourth-order valence-electron chi connectivity index (χ4n) is 3.28. The molecule has 1 amide bonds. The number of allylic oxidation sites excluding steroid dienone is 1. The van der Waals surface area contributed by atoms with Crippen molar-refractivity contribution in [1.29, 1.82) is 0 Å². The van der Waals surface area contributed by atoms with E-state index in [1.54, 1.807) is 26.1 Å². The first kappa shape index (κ1) is 16.1. The van der Waals surface area contributed by atoms with E-state index in [9.17, 15) is 19.1 Å². The highest BCUT2D eigenvalue weighted by atomic mass is 19.1. The molecule has 0 spiro atoms. The van der Waals surface area contributed by atoms with Gasteiger partial charge in [0.05, 0.1) is 7.05 Å². The minimum atomic E-state index is -1.24. The van der Waals surface area contributed by atoms with Crippen LogP contribution in [-0.4, -0.2) is 24.0 Å². The van der Waals surface area contributed by atoms with Gasteiger partial charge in [-0.3, -0.25) is 0 Å². The summed E-state index contributed by atoms with van der Waals surface area (Å²) in [5.41, 5.74) is 2.32. The second kappa shape index (κ2) is 5.69. The number of hydrogen-bond donors (Lipinski definition) is 1. The Balaban J connectivity index is 2.20. The van der Waals surface area contributed by atoms with Crippen molar-refractivity contribution >= 4 is 23.1 Å². The largest absolute Gasteiger partial charge is 0.477 e. The Kier molecular flexibility index (Phi) is 3.81. The zero-order chi connectivity index (χ0) is 17.5. The van der Waals surface area contributed by atoms with E-state index >= 15 is 0 Å². The number of carbonyl (C=O) groups excluding carboxylic acids is 1. The van der Waals surface area contributed by atoms with Gasteiger partial charge >= 0.3 is 11.9 Å². The predicted molar refractivity (Wildman–Crippen MR) is 89.5 cm³/mol. The summed E-state index contributed by atoms with van der Waals surface area (Å²) < 4.78 is 13.3. The van der Waals surface area contributed by atoms with E-state index in [1.807, 2.05) is 24.3 Å². The van der Waals surface area contributed by atoms with Crippen LogP contribution in [0.1, 0.15) is 18.1 Å². The molecule has 5 heteroatoms. The maximum atomic E-state index is 13.5. The average Bonchev–Trinajstić information content (AvgIpc) is 2.53. The van der Waals surface area contributed by atoms with Crippen LogP contribution in [0.5, 0.6) is 0 Å². The molecule has 1 N–H and O–H groups in total. The molecule has 3 rings (SSSR count). The van der Waals surface area contributed by atoms with Gasteiger partial charge in [-0.05, 0) is 30.7 Å². The fourth-order valence-corrected chi connectivity index (χ4v) is 3.28. The lowest BCUT2D eigenvalue weighted by atomic mass is 9.91. The Bertz CT molecular complexity index is 888. The van der Waals surface area contributed by atoms with Crippen molar-refractivity contribution in [2.45, 2.75) is 13.5 Å². The van der Waals surface area contributed by atoms with Crippen molar-refractivity contribution in [1.82, 2.24) is 4.48 Å². The average molecular weight is 326 g/mol. The van der Waals surface area contributed by atoms with Crippen LogP contribution in [0, 0.1) is 5.82 Å². The van der Waals surface area contributed by atoms with E-state index in [0.717, 1.165) is 5.56 Å². The lowest BCUT2D eigenvalue weighted by molar-refractivity contribution is -0.137. The second-order valence-electron chi connectivity index (χ2n) is 6.11. The normalized spacial score (nSPS) is 20.0. The van der Waals surface area contributed by atoms with Crippen LogP contribution in [0.3, 0.4) is 0 Å². The van der Waals surface area contributed by atoms with Crippen molar-refractivity contribution in [3.63, 3.8) is 0 Å². The smallest absolute Gasteiger partial charge is 0.358 e. The van der Waals surface area contributed by atoms with Gasteiger partial charge in [0.25, 0.3) is 0 Å². The van der Waals surface area contributed by atoms with E-state index in [2.05, 4.69) is 0 Å². The Morgan fingerprint density at radius 2 is 1.88 bits per heavy atom. The molecule has 1 aliphatic heterocycles. The summed E-state index contributed by atoms with van der Waals surface area (Å²) in [5.74, 6) is -2.12. The maximum Gasteiger partial charge on any atom is 0.358 e. The van der Waals surface area contributed by atoms with Crippen molar-refractivity contribution in [3.8, 4) is 0 Å². The summed E-state index contributed by atoms with van der Waals surface area (Å²) in [4.78, 5) is 24.6. The summed E-state index contributed by atoms with van der Waals surface area (Å²) in [6.45, 7) is 1.82. The first-order valence-electron chi connectivity index (χ1n) is 7.53. The van der Waals surface area contributed by atoms with Gasteiger partial charge < -0.3 is 5.11 Å². The molecular formula is C19H17FNO3+. The number of carboxylic acid groups (broad SMARTS) is 1. The number of likely N-dealkylation sites (N-methyl/N-ethyl adjacent to an activating group) is 1. The van der Waals surface area contributed by atoms with Crippen molar-refractivity contribution in [2.75, 3.05) is 7.05 Å². The number of nitrogens with zero attached hydrogens (tertiary/aromatic N) is 1. The predicted octanol–water partition coefficient (Wildman–Crippen LogP) is 3.36. The van der Waals surface area contributed by atoms with Gasteiger partial charge in [0.2, 0.25) is 0 Å². The van der Waals surface area contributed by atoms with Crippen LogP contribution >= 0.6 is 0 Å². The molecule has 1 atom stereocenters. The molecule has 0 radical (unpaired) electrons. The molecule has 1 heterocycles. The molecule has 0 bridgehead atoms. The first-order chi connectivity index (χ1) is 11.3. The number of benzene rings is 2. The molecule has 2 aromatic rings. The Morgan fingerprint density at radius 3 is 2.54 bits per heavy atom. The summed E-state index contributed by atoms with van der Waals surface area (Å²) in [6, 6.07) is 13.3. The summed E-state index contributed by atoms with van der Waals surface area (Å²) in [6.07, 6.45) is 0. The highest BCUT2D eigenvalue weighted by Gasteiger charge is 2.46. The number of fused-ring (bicyclic) bond motifs is 1. The molecule has 24 heavy (non-hydrogen) atoms. The zero-order valence-corrected chi connectivity index (χ0v) is 13.4. The van der Waals surface area contributed by atoms with E-state index in [0.29, 0.717) is 16.8 Å². The summed E-state index contributed by atoms with van der Waals surface area (Å²) in [5, 5.41) is 9.50. The van der Waals surface area contributed by atoms with Crippen LogP contribution in [0.2, 0.25) is 0 Å². The van der Waals surface area contributed by atoms with Crippen molar-refractivity contribution in [2.24, 2.45) is 0 Å². The van der Waals surface area contributed by atoms with Gasteiger partial charge in [0.15, 0.2) is 5.57 Å². The number of carbonyl (C=O) groups is 2. The van der Waals surface area contributed by atoms with Gasteiger partial charge in [0, 0.05) is 17.2 Å². The SMILES string of the molecule is CC1=C(C(=O)O)C(=O)[N+](C)(Cc2cccc(F)c2)c2ccccc21. The Hall–Kier alpha value is -2.79. The Labute approximate surface area is 139 Å². The maximum absolute atomic E-state index is 13.5. The van der Waals surface area contributed by atoms with Gasteiger partial charge in [0.1, 0.15) is 18.0 Å². The van der Waals surface area contributed by atoms with Crippen LogP contribution in [-0.2, 0) is 16.1 Å². The molecule has 0 aromatic heterocycles. The number of hydrogen-bond acceptors (Lipinski definition) is 2. The van der Waals surface area contributed by atoms with Gasteiger partial charge in [-0.15, -0.1) is 0 Å². The van der Waals surface area contributed by atoms with Crippen LogP contribution < -0.4 is 4.48 Å². The zero-order valence-electron chi connectivity index (χ0n) is 13.4.